The second-order valence-corrected chi connectivity index (χ2v) is 6.18. The Bertz CT molecular complexity index is 798. The Morgan fingerprint density at radius 2 is 2.04 bits per heavy atom. The SMILES string of the molecule is CC(Oc1ccc(F)c(F)c1)C(=O)NCc1ccnc(N2CCOCC2)c1. The summed E-state index contributed by atoms with van der Waals surface area (Å²) in [6, 6.07) is 6.90. The van der Waals surface area contributed by atoms with E-state index in [4.69, 9.17) is 9.47 Å². The Labute approximate surface area is 156 Å². The molecule has 1 aromatic carbocycles. The van der Waals surface area contributed by atoms with Crippen molar-refractivity contribution in [3.63, 3.8) is 0 Å². The van der Waals surface area contributed by atoms with Gasteiger partial charge in [-0.1, -0.05) is 0 Å². The van der Waals surface area contributed by atoms with Gasteiger partial charge in [0.25, 0.3) is 5.91 Å². The Kier molecular flexibility index (Phi) is 6.18. The highest BCUT2D eigenvalue weighted by molar-refractivity contribution is 5.80. The summed E-state index contributed by atoms with van der Waals surface area (Å²) in [5.41, 5.74) is 0.903. The second-order valence-electron chi connectivity index (χ2n) is 6.18. The summed E-state index contributed by atoms with van der Waals surface area (Å²) in [7, 11) is 0. The number of aromatic nitrogens is 1. The average molecular weight is 377 g/mol. The van der Waals surface area contributed by atoms with E-state index in [1.165, 1.54) is 6.07 Å². The van der Waals surface area contributed by atoms with Gasteiger partial charge in [0.15, 0.2) is 17.7 Å². The minimum absolute atomic E-state index is 0.0927. The van der Waals surface area contributed by atoms with Crippen LogP contribution in [-0.4, -0.2) is 43.3 Å². The highest BCUT2D eigenvalue weighted by atomic mass is 19.2. The molecule has 6 nitrogen and oxygen atoms in total. The summed E-state index contributed by atoms with van der Waals surface area (Å²) < 4.78 is 36.9. The number of nitrogens with zero attached hydrogens (tertiary/aromatic N) is 2. The molecule has 0 bridgehead atoms. The summed E-state index contributed by atoms with van der Waals surface area (Å²) >= 11 is 0. The van der Waals surface area contributed by atoms with E-state index in [2.05, 4.69) is 15.2 Å². The lowest BCUT2D eigenvalue weighted by Crippen LogP contribution is -2.37. The molecule has 1 aliphatic heterocycles. The van der Waals surface area contributed by atoms with Crippen LogP contribution in [0.25, 0.3) is 0 Å². The summed E-state index contributed by atoms with van der Waals surface area (Å²) in [6.45, 7) is 4.75. The fourth-order valence-corrected chi connectivity index (χ4v) is 2.68. The zero-order valence-corrected chi connectivity index (χ0v) is 15.0. The molecule has 27 heavy (non-hydrogen) atoms. The number of carbonyl (C=O) groups is 1. The van der Waals surface area contributed by atoms with E-state index in [9.17, 15) is 13.6 Å². The van der Waals surface area contributed by atoms with Crippen LogP contribution in [0.2, 0.25) is 0 Å². The van der Waals surface area contributed by atoms with Crippen LogP contribution in [-0.2, 0) is 16.1 Å². The van der Waals surface area contributed by atoms with Gasteiger partial charge in [0.05, 0.1) is 13.2 Å². The van der Waals surface area contributed by atoms with Gasteiger partial charge in [-0.25, -0.2) is 13.8 Å². The largest absolute Gasteiger partial charge is 0.481 e. The minimum atomic E-state index is -1.02. The van der Waals surface area contributed by atoms with Crippen molar-refractivity contribution in [2.75, 3.05) is 31.2 Å². The van der Waals surface area contributed by atoms with E-state index >= 15 is 0 Å². The predicted molar refractivity (Wildman–Crippen MR) is 95.6 cm³/mol. The quantitative estimate of drug-likeness (QED) is 0.837. The lowest BCUT2D eigenvalue weighted by Gasteiger charge is -2.28. The number of carbonyl (C=O) groups excluding carboxylic acids is 1. The molecule has 8 heteroatoms. The molecule has 2 heterocycles. The number of morpholine rings is 1. The third kappa shape index (κ3) is 5.13. The molecule has 0 saturated carbocycles. The van der Waals surface area contributed by atoms with Gasteiger partial charge in [0, 0.05) is 31.9 Å². The maximum absolute atomic E-state index is 13.2. The molecule has 3 rings (SSSR count). The maximum Gasteiger partial charge on any atom is 0.261 e. The lowest BCUT2D eigenvalue weighted by molar-refractivity contribution is -0.127. The second kappa shape index (κ2) is 8.77. The van der Waals surface area contributed by atoms with Crippen molar-refractivity contribution in [1.82, 2.24) is 10.3 Å². The Balaban J connectivity index is 1.54. The predicted octanol–water partition coefficient (Wildman–Crippen LogP) is 2.28. The molecule has 1 atom stereocenters. The normalized spacial score (nSPS) is 15.3. The Morgan fingerprint density at radius 3 is 2.78 bits per heavy atom. The molecule has 2 aromatic rings. The standard InChI is InChI=1S/C19H21F2N3O3/c1-13(27-15-2-3-16(20)17(21)11-15)19(25)23-12-14-4-5-22-18(10-14)24-6-8-26-9-7-24/h2-5,10-11,13H,6-9,12H2,1H3,(H,23,25). The molecule has 0 radical (unpaired) electrons. The fraction of sp³-hybridized carbons (Fsp3) is 0.368. The molecule has 1 fully saturated rings. The van der Waals surface area contributed by atoms with Crippen LogP contribution in [0, 0.1) is 11.6 Å². The topological polar surface area (TPSA) is 63.7 Å². The number of nitrogens with one attached hydrogen (secondary N) is 1. The molecule has 1 unspecified atom stereocenters. The van der Waals surface area contributed by atoms with E-state index in [0.717, 1.165) is 36.6 Å². The molecule has 1 saturated heterocycles. The van der Waals surface area contributed by atoms with Crippen molar-refractivity contribution in [2.45, 2.75) is 19.6 Å². The number of hydrogen-bond donors (Lipinski definition) is 1. The van der Waals surface area contributed by atoms with E-state index in [1.54, 1.807) is 13.1 Å². The number of halogens is 2. The highest BCUT2D eigenvalue weighted by Gasteiger charge is 2.16. The summed E-state index contributed by atoms with van der Waals surface area (Å²) in [5.74, 6) is -1.41. The van der Waals surface area contributed by atoms with Gasteiger partial charge < -0.3 is 19.7 Å². The van der Waals surface area contributed by atoms with Crippen molar-refractivity contribution < 1.29 is 23.0 Å². The number of anilines is 1. The zero-order valence-electron chi connectivity index (χ0n) is 15.0. The first-order valence-electron chi connectivity index (χ1n) is 8.70. The summed E-state index contributed by atoms with van der Waals surface area (Å²) in [6.07, 6.45) is 0.850. The van der Waals surface area contributed by atoms with Gasteiger partial charge >= 0.3 is 0 Å². The van der Waals surface area contributed by atoms with E-state index in [0.29, 0.717) is 19.8 Å². The van der Waals surface area contributed by atoms with Gasteiger partial charge in [-0.3, -0.25) is 4.79 Å². The van der Waals surface area contributed by atoms with Crippen LogP contribution < -0.4 is 15.0 Å². The Morgan fingerprint density at radius 1 is 1.26 bits per heavy atom. The van der Waals surface area contributed by atoms with Gasteiger partial charge in [-0.15, -0.1) is 0 Å². The Hall–Kier alpha value is -2.74. The first kappa shape index (κ1) is 19.0. The number of pyridine rings is 1. The van der Waals surface area contributed by atoms with Crippen molar-refractivity contribution in [2.24, 2.45) is 0 Å². The van der Waals surface area contributed by atoms with Gasteiger partial charge in [0.1, 0.15) is 11.6 Å². The maximum atomic E-state index is 13.2. The molecule has 1 N–H and O–H groups in total. The third-order valence-corrected chi connectivity index (χ3v) is 4.18. The zero-order chi connectivity index (χ0) is 19.2. The van der Waals surface area contributed by atoms with Gasteiger partial charge in [0.2, 0.25) is 0 Å². The number of hydrogen-bond acceptors (Lipinski definition) is 5. The van der Waals surface area contributed by atoms with E-state index in [-0.39, 0.29) is 11.7 Å². The smallest absolute Gasteiger partial charge is 0.261 e. The van der Waals surface area contributed by atoms with Gasteiger partial charge in [-0.05, 0) is 36.8 Å². The average Bonchev–Trinajstić information content (AvgIpc) is 2.70. The molecule has 1 aliphatic rings. The first-order valence-corrected chi connectivity index (χ1v) is 8.70. The highest BCUT2D eigenvalue weighted by Crippen LogP contribution is 2.17. The van der Waals surface area contributed by atoms with Crippen molar-refractivity contribution in [3.05, 3.63) is 53.7 Å². The molecule has 1 aromatic heterocycles. The summed E-state index contributed by atoms with van der Waals surface area (Å²) in [4.78, 5) is 18.7. The molecule has 144 valence electrons. The van der Waals surface area contributed by atoms with Crippen molar-refractivity contribution in [1.29, 1.82) is 0 Å². The number of benzene rings is 1. The van der Waals surface area contributed by atoms with Crippen LogP contribution in [0.1, 0.15) is 12.5 Å². The van der Waals surface area contributed by atoms with Crippen LogP contribution in [0.3, 0.4) is 0 Å². The molecule has 1 amide bonds. The van der Waals surface area contributed by atoms with E-state index in [1.807, 2.05) is 12.1 Å². The van der Waals surface area contributed by atoms with Crippen LogP contribution in [0.4, 0.5) is 14.6 Å². The van der Waals surface area contributed by atoms with Crippen LogP contribution in [0.15, 0.2) is 36.5 Å². The van der Waals surface area contributed by atoms with E-state index < -0.39 is 17.7 Å². The molecular formula is C19H21F2N3O3. The molecule has 0 spiro atoms. The monoisotopic (exact) mass is 377 g/mol. The summed E-state index contributed by atoms with van der Waals surface area (Å²) in [5, 5.41) is 2.77. The van der Waals surface area contributed by atoms with Gasteiger partial charge in [-0.2, -0.15) is 0 Å². The van der Waals surface area contributed by atoms with Crippen LogP contribution in [0.5, 0.6) is 5.75 Å². The van der Waals surface area contributed by atoms with Crippen molar-refractivity contribution >= 4 is 11.7 Å². The van der Waals surface area contributed by atoms with Crippen LogP contribution >= 0.6 is 0 Å². The molecular weight excluding hydrogens is 356 g/mol. The number of ether oxygens (including phenoxy) is 2. The third-order valence-electron chi connectivity index (χ3n) is 4.18. The lowest BCUT2D eigenvalue weighted by atomic mass is 10.2. The minimum Gasteiger partial charge on any atom is -0.481 e. The first-order chi connectivity index (χ1) is 13.0. The van der Waals surface area contributed by atoms with Crippen molar-refractivity contribution in [3.8, 4) is 5.75 Å². The number of amides is 1. The number of rotatable bonds is 6. The molecule has 0 aliphatic carbocycles. The fourth-order valence-electron chi connectivity index (χ4n) is 2.68.